The van der Waals surface area contributed by atoms with Crippen LogP contribution in [0.3, 0.4) is 0 Å². The summed E-state index contributed by atoms with van der Waals surface area (Å²) in [6.45, 7) is 8.31. The first-order chi connectivity index (χ1) is 14.3. The van der Waals surface area contributed by atoms with Crippen molar-refractivity contribution in [1.82, 2.24) is 10.2 Å². The molecular weight excluding hydrogens is 385 g/mol. The second-order valence-corrected chi connectivity index (χ2v) is 7.55. The van der Waals surface area contributed by atoms with Crippen LogP contribution in [0.15, 0.2) is 36.4 Å². The number of nitrogens with one attached hydrogen (secondary N) is 1. The molecule has 1 saturated heterocycles. The molecule has 3 rings (SSSR count). The number of nitrogens with zero attached hydrogens (tertiary/aromatic N) is 2. The summed E-state index contributed by atoms with van der Waals surface area (Å²) in [6.07, 6.45) is 0. The zero-order valence-electron chi connectivity index (χ0n) is 17.7. The molecule has 1 fully saturated rings. The van der Waals surface area contributed by atoms with Gasteiger partial charge in [0.1, 0.15) is 18.2 Å². The van der Waals surface area contributed by atoms with Crippen molar-refractivity contribution in [2.24, 2.45) is 0 Å². The minimum atomic E-state index is -0.413. The molecule has 7 heteroatoms. The van der Waals surface area contributed by atoms with Gasteiger partial charge in [-0.25, -0.2) is 9.18 Å². The standard InChI is InChI=1S/C23H28FN3O3/c1-16-4-7-22(17(2)14-16)30-13-8-25-23(29)27-11-9-26(10-12-27)21-6-5-19(18(3)28)15-20(21)24/h4-7,14-15H,8-13H2,1-3H3,(H,25,29). The Kier molecular flexibility index (Phi) is 6.92. The molecular formula is C23H28FN3O3. The minimum Gasteiger partial charge on any atom is -0.491 e. The number of carbonyl (C=O) groups is 2. The van der Waals surface area contributed by atoms with Gasteiger partial charge in [0, 0.05) is 31.7 Å². The van der Waals surface area contributed by atoms with Crippen molar-refractivity contribution in [3.63, 3.8) is 0 Å². The Morgan fingerprint density at radius 2 is 1.80 bits per heavy atom. The van der Waals surface area contributed by atoms with E-state index in [1.165, 1.54) is 18.6 Å². The van der Waals surface area contributed by atoms with Crippen molar-refractivity contribution in [3.05, 3.63) is 58.9 Å². The van der Waals surface area contributed by atoms with Crippen LogP contribution in [0, 0.1) is 19.7 Å². The minimum absolute atomic E-state index is 0.147. The average molecular weight is 413 g/mol. The Bertz CT molecular complexity index is 924. The van der Waals surface area contributed by atoms with Crippen LogP contribution in [-0.4, -0.2) is 56.0 Å². The summed E-state index contributed by atoms with van der Waals surface area (Å²) >= 11 is 0. The first-order valence-corrected chi connectivity index (χ1v) is 10.1. The van der Waals surface area contributed by atoms with Crippen LogP contribution in [0.4, 0.5) is 14.9 Å². The van der Waals surface area contributed by atoms with Gasteiger partial charge in [-0.1, -0.05) is 17.7 Å². The third-order valence-electron chi connectivity index (χ3n) is 5.23. The molecule has 2 aromatic rings. The number of benzene rings is 2. The van der Waals surface area contributed by atoms with Crippen molar-refractivity contribution in [2.75, 3.05) is 44.2 Å². The summed E-state index contributed by atoms with van der Waals surface area (Å²) in [6, 6.07) is 10.4. The Balaban J connectivity index is 1.43. The number of hydrogen-bond acceptors (Lipinski definition) is 4. The lowest BCUT2D eigenvalue weighted by atomic mass is 10.1. The molecule has 0 aromatic heterocycles. The lowest BCUT2D eigenvalue weighted by Crippen LogP contribution is -2.52. The van der Waals surface area contributed by atoms with Gasteiger partial charge in [-0.3, -0.25) is 4.79 Å². The third kappa shape index (κ3) is 5.28. The van der Waals surface area contributed by atoms with Crippen molar-refractivity contribution in [2.45, 2.75) is 20.8 Å². The van der Waals surface area contributed by atoms with Crippen LogP contribution in [0.5, 0.6) is 5.75 Å². The largest absolute Gasteiger partial charge is 0.491 e. The molecule has 0 bridgehead atoms. The number of urea groups is 1. The number of amides is 2. The number of Topliss-reactive ketones (excluding diaryl/α,β-unsaturated/α-hetero) is 1. The monoisotopic (exact) mass is 413 g/mol. The maximum atomic E-state index is 14.3. The first kappa shape index (κ1) is 21.6. The summed E-state index contributed by atoms with van der Waals surface area (Å²) in [4.78, 5) is 27.4. The van der Waals surface area contributed by atoms with Gasteiger partial charge in [0.05, 0.1) is 12.2 Å². The van der Waals surface area contributed by atoms with E-state index in [2.05, 4.69) is 11.4 Å². The SMILES string of the molecule is CC(=O)c1ccc(N2CCN(C(=O)NCCOc3ccc(C)cc3C)CC2)c(F)c1. The summed E-state index contributed by atoms with van der Waals surface area (Å²) in [7, 11) is 0. The van der Waals surface area contributed by atoms with Gasteiger partial charge in [0.15, 0.2) is 5.78 Å². The second kappa shape index (κ2) is 9.61. The quantitative estimate of drug-likeness (QED) is 0.581. The molecule has 6 nitrogen and oxygen atoms in total. The fourth-order valence-corrected chi connectivity index (χ4v) is 3.52. The molecule has 0 saturated carbocycles. The van der Waals surface area contributed by atoms with Crippen molar-refractivity contribution < 1.29 is 18.7 Å². The average Bonchev–Trinajstić information content (AvgIpc) is 2.72. The number of hydrogen-bond donors (Lipinski definition) is 1. The molecule has 0 aliphatic carbocycles. The predicted octanol–water partition coefficient (Wildman–Crippen LogP) is 3.56. The number of rotatable bonds is 6. The van der Waals surface area contributed by atoms with Gasteiger partial charge in [-0.2, -0.15) is 0 Å². The number of piperazine rings is 1. The van der Waals surface area contributed by atoms with Crippen LogP contribution in [0.2, 0.25) is 0 Å². The molecule has 0 atom stereocenters. The Labute approximate surface area is 176 Å². The first-order valence-electron chi connectivity index (χ1n) is 10.1. The second-order valence-electron chi connectivity index (χ2n) is 7.55. The lowest BCUT2D eigenvalue weighted by molar-refractivity contribution is 0.101. The summed E-state index contributed by atoms with van der Waals surface area (Å²) in [5, 5.41) is 2.87. The molecule has 2 amide bonds. The maximum Gasteiger partial charge on any atom is 0.317 e. The van der Waals surface area contributed by atoms with Crippen molar-refractivity contribution >= 4 is 17.5 Å². The van der Waals surface area contributed by atoms with Crippen LogP contribution in [0.25, 0.3) is 0 Å². The maximum absolute atomic E-state index is 14.3. The zero-order chi connectivity index (χ0) is 21.7. The molecule has 160 valence electrons. The predicted molar refractivity (Wildman–Crippen MR) is 115 cm³/mol. The van der Waals surface area contributed by atoms with Crippen LogP contribution >= 0.6 is 0 Å². The van der Waals surface area contributed by atoms with E-state index in [1.54, 1.807) is 17.0 Å². The fraction of sp³-hybridized carbons (Fsp3) is 0.391. The van der Waals surface area contributed by atoms with Gasteiger partial charge in [0.25, 0.3) is 0 Å². The highest BCUT2D eigenvalue weighted by Gasteiger charge is 2.23. The zero-order valence-corrected chi connectivity index (χ0v) is 17.7. The molecule has 1 N–H and O–H groups in total. The molecule has 1 aliphatic heterocycles. The molecule has 30 heavy (non-hydrogen) atoms. The van der Waals surface area contributed by atoms with E-state index in [9.17, 15) is 14.0 Å². The van der Waals surface area contributed by atoms with Gasteiger partial charge in [-0.05, 0) is 50.6 Å². The smallest absolute Gasteiger partial charge is 0.317 e. The third-order valence-corrected chi connectivity index (χ3v) is 5.23. The van der Waals surface area contributed by atoms with Crippen molar-refractivity contribution in [3.8, 4) is 5.75 Å². The van der Waals surface area contributed by atoms with Gasteiger partial charge >= 0.3 is 6.03 Å². The van der Waals surface area contributed by atoms with Gasteiger partial charge in [0.2, 0.25) is 0 Å². The highest BCUT2D eigenvalue weighted by atomic mass is 19.1. The topological polar surface area (TPSA) is 61.9 Å². The number of aryl methyl sites for hydroxylation is 2. The van der Waals surface area contributed by atoms with E-state index in [4.69, 9.17) is 4.74 Å². The normalized spacial score (nSPS) is 13.9. The number of anilines is 1. The highest BCUT2D eigenvalue weighted by molar-refractivity contribution is 5.94. The van der Waals surface area contributed by atoms with Gasteiger partial charge < -0.3 is 19.9 Å². The van der Waals surface area contributed by atoms with Crippen LogP contribution in [-0.2, 0) is 0 Å². The van der Waals surface area contributed by atoms with E-state index >= 15 is 0 Å². The molecule has 0 spiro atoms. The number of ketones is 1. The number of ether oxygens (including phenoxy) is 1. The van der Waals surface area contributed by atoms with E-state index in [1.807, 2.05) is 30.9 Å². The van der Waals surface area contributed by atoms with Crippen LogP contribution in [0.1, 0.15) is 28.4 Å². The summed E-state index contributed by atoms with van der Waals surface area (Å²) in [5.41, 5.74) is 3.07. The fourth-order valence-electron chi connectivity index (χ4n) is 3.52. The summed E-state index contributed by atoms with van der Waals surface area (Å²) in [5.74, 6) is 0.244. The Morgan fingerprint density at radius 3 is 2.43 bits per heavy atom. The summed E-state index contributed by atoms with van der Waals surface area (Å²) < 4.78 is 20.1. The molecule has 2 aromatic carbocycles. The van der Waals surface area contributed by atoms with Crippen LogP contribution < -0.4 is 15.0 Å². The highest BCUT2D eigenvalue weighted by Crippen LogP contribution is 2.22. The number of carbonyl (C=O) groups excluding carboxylic acids is 2. The van der Waals surface area contributed by atoms with E-state index in [-0.39, 0.29) is 11.8 Å². The van der Waals surface area contributed by atoms with E-state index in [0.29, 0.717) is 50.6 Å². The molecule has 1 aliphatic rings. The van der Waals surface area contributed by atoms with E-state index in [0.717, 1.165) is 11.3 Å². The van der Waals surface area contributed by atoms with Crippen molar-refractivity contribution in [1.29, 1.82) is 0 Å². The Morgan fingerprint density at radius 1 is 1.07 bits per heavy atom. The van der Waals surface area contributed by atoms with E-state index < -0.39 is 5.82 Å². The Hall–Kier alpha value is -3.09. The van der Waals surface area contributed by atoms with Gasteiger partial charge in [-0.15, -0.1) is 0 Å². The lowest BCUT2D eigenvalue weighted by Gasteiger charge is -2.36. The molecule has 0 unspecified atom stereocenters. The molecule has 1 heterocycles. The number of halogens is 1. The molecule has 0 radical (unpaired) electrons.